The van der Waals surface area contributed by atoms with Crippen LogP contribution in [0.3, 0.4) is 0 Å². The Morgan fingerprint density at radius 1 is 0.909 bits per heavy atom. The summed E-state index contributed by atoms with van der Waals surface area (Å²) in [5.41, 5.74) is 1.96. The molecule has 112 valence electrons. The van der Waals surface area contributed by atoms with Gasteiger partial charge in [0, 0.05) is 10.8 Å². The number of thioether (sulfide) groups is 1. The summed E-state index contributed by atoms with van der Waals surface area (Å²) in [6, 6.07) is 15.2. The van der Waals surface area contributed by atoms with E-state index in [9.17, 15) is 0 Å². The molecule has 2 aromatic carbocycles. The van der Waals surface area contributed by atoms with Crippen molar-refractivity contribution < 1.29 is 4.42 Å². The Morgan fingerprint density at radius 3 is 2.45 bits per heavy atom. The third-order valence-corrected chi connectivity index (χ3v) is 4.55. The lowest BCUT2D eigenvalue weighted by atomic mass is 10.2. The molecule has 1 aromatic heterocycles. The van der Waals surface area contributed by atoms with Crippen LogP contribution in [0.25, 0.3) is 11.5 Å². The highest BCUT2D eigenvalue weighted by atomic mass is 35.5. The molecular formula is C16H12Cl2N2OS. The molecule has 0 amide bonds. The van der Waals surface area contributed by atoms with Gasteiger partial charge in [-0.15, -0.1) is 22.0 Å². The van der Waals surface area contributed by atoms with Crippen molar-refractivity contribution >= 4 is 35.0 Å². The molecule has 0 spiro atoms. The van der Waals surface area contributed by atoms with Crippen LogP contribution in [-0.2, 0) is 11.5 Å². The maximum absolute atomic E-state index is 6.12. The van der Waals surface area contributed by atoms with Gasteiger partial charge in [-0.1, -0.05) is 47.5 Å². The molecule has 0 aliphatic carbocycles. The molecule has 0 aliphatic rings. The molecule has 1 heterocycles. The van der Waals surface area contributed by atoms with E-state index < -0.39 is 0 Å². The summed E-state index contributed by atoms with van der Waals surface area (Å²) >= 11 is 13.7. The topological polar surface area (TPSA) is 38.9 Å². The molecule has 0 atom stereocenters. The maximum Gasteiger partial charge on any atom is 0.249 e. The lowest BCUT2D eigenvalue weighted by molar-refractivity contribution is 0.528. The second kappa shape index (κ2) is 7.18. The molecule has 0 aliphatic heterocycles. The van der Waals surface area contributed by atoms with Gasteiger partial charge in [-0.2, -0.15) is 0 Å². The highest BCUT2D eigenvalue weighted by molar-refractivity contribution is 7.97. The monoisotopic (exact) mass is 350 g/mol. The summed E-state index contributed by atoms with van der Waals surface area (Å²) in [6.07, 6.45) is 0. The van der Waals surface area contributed by atoms with E-state index in [1.165, 1.54) is 5.56 Å². The summed E-state index contributed by atoms with van der Waals surface area (Å²) in [5, 5.41) is 9.46. The molecule has 22 heavy (non-hydrogen) atoms. The van der Waals surface area contributed by atoms with Gasteiger partial charge >= 0.3 is 0 Å². The van der Waals surface area contributed by atoms with Crippen molar-refractivity contribution in [2.45, 2.75) is 11.5 Å². The first-order chi connectivity index (χ1) is 10.7. The molecule has 0 bridgehead atoms. The minimum Gasteiger partial charge on any atom is -0.420 e. The average Bonchev–Trinajstić information content (AvgIpc) is 2.98. The zero-order valence-corrected chi connectivity index (χ0v) is 13.8. The Hall–Kier alpha value is -1.49. The zero-order chi connectivity index (χ0) is 15.4. The van der Waals surface area contributed by atoms with E-state index in [1.807, 2.05) is 42.5 Å². The van der Waals surface area contributed by atoms with Gasteiger partial charge in [0.25, 0.3) is 0 Å². The number of halogens is 2. The first-order valence-electron chi connectivity index (χ1n) is 6.62. The second-order valence-electron chi connectivity index (χ2n) is 4.60. The number of hydrogen-bond donors (Lipinski definition) is 0. The molecule has 0 unspecified atom stereocenters. The van der Waals surface area contributed by atoms with Crippen molar-refractivity contribution in [3.8, 4) is 11.5 Å². The summed E-state index contributed by atoms with van der Waals surface area (Å²) in [6.45, 7) is 0. The number of benzene rings is 2. The Bertz CT molecular complexity index is 759. The third kappa shape index (κ3) is 3.83. The van der Waals surface area contributed by atoms with Crippen LogP contribution in [0, 0.1) is 0 Å². The normalized spacial score (nSPS) is 10.8. The van der Waals surface area contributed by atoms with Crippen LogP contribution >= 0.6 is 35.0 Å². The van der Waals surface area contributed by atoms with Gasteiger partial charge in [-0.25, -0.2) is 0 Å². The molecule has 6 heteroatoms. The summed E-state index contributed by atoms with van der Waals surface area (Å²) in [5.74, 6) is 2.56. The average molecular weight is 351 g/mol. The predicted molar refractivity (Wildman–Crippen MR) is 91.2 cm³/mol. The Morgan fingerprint density at radius 2 is 1.68 bits per heavy atom. The number of aromatic nitrogens is 2. The molecule has 0 saturated carbocycles. The van der Waals surface area contributed by atoms with Crippen molar-refractivity contribution in [3.05, 3.63) is 70.0 Å². The van der Waals surface area contributed by atoms with Gasteiger partial charge < -0.3 is 4.42 Å². The summed E-state index contributed by atoms with van der Waals surface area (Å²) < 4.78 is 5.66. The van der Waals surface area contributed by atoms with Gasteiger partial charge in [-0.05, 0) is 29.8 Å². The highest BCUT2D eigenvalue weighted by Crippen LogP contribution is 2.27. The van der Waals surface area contributed by atoms with E-state index >= 15 is 0 Å². The molecule has 3 nitrogen and oxygen atoms in total. The fourth-order valence-corrected chi connectivity index (χ4v) is 3.06. The van der Waals surface area contributed by atoms with Crippen molar-refractivity contribution in [2.75, 3.05) is 0 Å². The van der Waals surface area contributed by atoms with Crippen LogP contribution < -0.4 is 0 Å². The maximum atomic E-state index is 6.12. The summed E-state index contributed by atoms with van der Waals surface area (Å²) in [7, 11) is 0. The highest BCUT2D eigenvalue weighted by Gasteiger charge is 2.11. The van der Waals surface area contributed by atoms with E-state index in [2.05, 4.69) is 10.2 Å². The van der Waals surface area contributed by atoms with Crippen molar-refractivity contribution in [3.63, 3.8) is 0 Å². The molecular weight excluding hydrogens is 339 g/mol. The molecule has 0 N–H and O–H groups in total. The first-order valence-corrected chi connectivity index (χ1v) is 8.53. The van der Waals surface area contributed by atoms with Gasteiger partial charge in [-0.3, -0.25) is 0 Å². The van der Waals surface area contributed by atoms with E-state index in [0.29, 0.717) is 22.6 Å². The van der Waals surface area contributed by atoms with E-state index in [-0.39, 0.29) is 0 Å². The predicted octanol–water partition coefficient (Wildman–Crippen LogP) is 5.48. The third-order valence-electron chi connectivity index (χ3n) is 2.98. The minimum absolute atomic E-state index is 0.452. The smallest absolute Gasteiger partial charge is 0.249 e. The molecule has 0 radical (unpaired) electrons. The number of rotatable bonds is 5. The minimum atomic E-state index is 0.452. The first kappa shape index (κ1) is 15.4. The molecule has 3 aromatic rings. The Labute approximate surface area is 142 Å². The largest absolute Gasteiger partial charge is 0.420 e. The van der Waals surface area contributed by atoms with Crippen molar-refractivity contribution in [1.29, 1.82) is 0 Å². The van der Waals surface area contributed by atoms with Gasteiger partial charge in [0.15, 0.2) is 0 Å². The molecule has 0 saturated heterocycles. The standard InChI is InChI=1S/C16H12Cl2N2OS/c17-12-7-5-11(6-8-12)9-22-10-15-19-20-16(21-15)13-3-1-2-4-14(13)18/h1-8H,9-10H2. The van der Waals surface area contributed by atoms with Crippen LogP contribution in [0.15, 0.2) is 52.9 Å². The fourth-order valence-electron chi connectivity index (χ4n) is 1.89. The SMILES string of the molecule is Clc1ccc(CSCc2nnc(-c3ccccc3Cl)o2)cc1. The van der Waals surface area contributed by atoms with Gasteiger partial charge in [0.05, 0.1) is 16.3 Å². The van der Waals surface area contributed by atoms with Crippen LogP contribution in [-0.4, -0.2) is 10.2 Å². The van der Waals surface area contributed by atoms with E-state index in [1.54, 1.807) is 17.8 Å². The van der Waals surface area contributed by atoms with Gasteiger partial charge in [0.2, 0.25) is 11.8 Å². The quantitative estimate of drug-likeness (QED) is 0.610. The van der Waals surface area contributed by atoms with Crippen molar-refractivity contribution in [2.24, 2.45) is 0 Å². The number of hydrogen-bond acceptors (Lipinski definition) is 4. The second-order valence-corrected chi connectivity index (χ2v) is 6.43. The van der Waals surface area contributed by atoms with Crippen LogP contribution in [0.2, 0.25) is 10.0 Å². The molecule has 0 fully saturated rings. The Balaban J connectivity index is 1.60. The number of nitrogens with zero attached hydrogens (tertiary/aromatic N) is 2. The lowest BCUT2D eigenvalue weighted by Gasteiger charge is -2.00. The van der Waals surface area contributed by atoms with Gasteiger partial charge in [0.1, 0.15) is 0 Å². The van der Waals surface area contributed by atoms with Crippen molar-refractivity contribution in [1.82, 2.24) is 10.2 Å². The van der Waals surface area contributed by atoms with Crippen LogP contribution in [0.4, 0.5) is 0 Å². The molecule has 3 rings (SSSR count). The van der Waals surface area contributed by atoms with E-state index in [0.717, 1.165) is 16.3 Å². The Kier molecular flexibility index (Phi) is 5.03. The van der Waals surface area contributed by atoms with Crippen LogP contribution in [0.1, 0.15) is 11.5 Å². The van der Waals surface area contributed by atoms with Crippen LogP contribution in [0.5, 0.6) is 0 Å². The fraction of sp³-hybridized carbons (Fsp3) is 0.125. The zero-order valence-electron chi connectivity index (χ0n) is 11.5. The lowest BCUT2D eigenvalue weighted by Crippen LogP contribution is -1.83. The summed E-state index contributed by atoms with van der Waals surface area (Å²) in [4.78, 5) is 0. The van der Waals surface area contributed by atoms with E-state index in [4.69, 9.17) is 27.6 Å².